The summed E-state index contributed by atoms with van der Waals surface area (Å²) in [5.41, 5.74) is 0.0941. The first-order chi connectivity index (χ1) is 8.52. The van der Waals surface area contributed by atoms with Crippen LogP contribution in [0.4, 0.5) is 0 Å². The van der Waals surface area contributed by atoms with E-state index in [0.717, 1.165) is 10.8 Å². The van der Waals surface area contributed by atoms with E-state index in [1.807, 2.05) is 0 Å². The van der Waals surface area contributed by atoms with Crippen LogP contribution in [-0.4, -0.2) is 23.3 Å². The van der Waals surface area contributed by atoms with Gasteiger partial charge in [0.25, 0.3) is 0 Å². The number of benzene rings is 2. The number of carbonyl (C=O) groups excluding carboxylic acids is 1. The molecule has 2 aromatic carbocycles. The second-order valence-electron chi connectivity index (χ2n) is 3.83. The highest BCUT2D eigenvalue weighted by Crippen LogP contribution is 2.31. The van der Waals surface area contributed by atoms with Gasteiger partial charge in [-0.15, -0.1) is 0 Å². The fourth-order valence-electron chi connectivity index (χ4n) is 1.73. The van der Waals surface area contributed by atoms with Gasteiger partial charge in [0.15, 0.2) is 6.10 Å². The number of aliphatic hydroxyl groups is 1. The van der Waals surface area contributed by atoms with E-state index in [9.17, 15) is 15.0 Å². The highest BCUT2D eigenvalue weighted by molar-refractivity contribution is 6.31. The SMILES string of the molecule is COC(=O)C(O)c1cc2cc(Cl)ccc2cc1O. The van der Waals surface area contributed by atoms with Crippen molar-refractivity contribution in [1.82, 2.24) is 0 Å². The first-order valence-electron chi connectivity index (χ1n) is 5.21. The summed E-state index contributed by atoms with van der Waals surface area (Å²) < 4.78 is 4.43. The minimum Gasteiger partial charge on any atom is -0.508 e. The van der Waals surface area contributed by atoms with Crippen molar-refractivity contribution in [2.75, 3.05) is 7.11 Å². The summed E-state index contributed by atoms with van der Waals surface area (Å²) >= 11 is 5.86. The molecule has 0 bridgehead atoms. The molecule has 0 aliphatic heterocycles. The minimum absolute atomic E-state index is 0.0941. The van der Waals surface area contributed by atoms with E-state index >= 15 is 0 Å². The van der Waals surface area contributed by atoms with Gasteiger partial charge in [-0.2, -0.15) is 0 Å². The number of phenolic OH excluding ortho intramolecular Hbond substituents is 1. The average molecular weight is 267 g/mol. The second-order valence-corrected chi connectivity index (χ2v) is 4.26. The zero-order chi connectivity index (χ0) is 13.3. The minimum atomic E-state index is -1.52. The van der Waals surface area contributed by atoms with Gasteiger partial charge in [0, 0.05) is 10.6 Å². The maximum absolute atomic E-state index is 11.3. The Kier molecular flexibility index (Phi) is 3.41. The molecule has 2 N–H and O–H groups in total. The molecule has 0 aliphatic rings. The van der Waals surface area contributed by atoms with Crippen LogP contribution in [-0.2, 0) is 9.53 Å². The molecule has 0 radical (unpaired) electrons. The summed E-state index contributed by atoms with van der Waals surface area (Å²) in [7, 11) is 1.17. The van der Waals surface area contributed by atoms with Gasteiger partial charge < -0.3 is 14.9 Å². The molecular formula is C13H11ClO4. The van der Waals surface area contributed by atoms with Gasteiger partial charge in [0.1, 0.15) is 5.75 Å². The van der Waals surface area contributed by atoms with Crippen molar-refractivity contribution in [2.24, 2.45) is 0 Å². The molecule has 1 unspecified atom stereocenters. The van der Waals surface area contributed by atoms with Gasteiger partial charge >= 0.3 is 5.97 Å². The topological polar surface area (TPSA) is 66.8 Å². The van der Waals surface area contributed by atoms with Gasteiger partial charge in [-0.25, -0.2) is 4.79 Å². The number of rotatable bonds is 2. The molecule has 0 spiro atoms. The van der Waals surface area contributed by atoms with Crippen LogP contribution in [0.3, 0.4) is 0 Å². The van der Waals surface area contributed by atoms with Crippen LogP contribution < -0.4 is 0 Å². The Morgan fingerprint density at radius 2 is 2.00 bits per heavy atom. The molecule has 0 saturated carbocycles. The Labute approximate surface area is 108 Å². The summed E-state index contributed by atoms with van der Waals surface area (Å²) in [5, 5.41) is 21.5. The number of hydrogen-bond donors (Lipinski definition) is 2. The molecule has 0 heterocycles. The molecule has 2 rings (SSSR count). The fraction of sp³-hybridized carbons (Fsp3) is 0.154. The molecule has 0 aliphatic carbocycles. The number of fused-ring (bicyclic) bond motifs is 1. The van der Waals surface area contributed by atoms with Crippen molar-refractivity contribution >= 4 is 28.3 Å². The molecule has 18 heavy (non-hydrogen) atoms. The molecular weight excluding hydrogens is 256 g/mol. The molecule has 0 fully saturated rings. The van der Waals surface area contributed by atoms with E-state index in [4.69, 9.17) is 11.6 Å². The summed E-state index contributed by atoms with van der Waals surface area (Å²) in [6, 6.07) is 8.10. The zero-order valence-electron chi connectivity index (χ0n) is 9.55. The van der Waals surface area contributed by atoms with E-state index in [1.54, 1.807) is 18.2 Å². The highest BCUT2D eigenvalue weighted by Gasteiger charge is 2.21. The van der Waals surface area contributed by atoms with Gasteiger partial charge in [-0.3, -0.25) is 0 Å². The number of ether oxygens (including phenoxy) is 1. The first-order valence-corrected chi connectivity index (χ1v) is 5.59. The number of hydrogen-bond acceptors (Lipinski definition) is 4. The number of esters is 1. The highest BCUT2D eigenvalue weighted by atomic mass is 35.5. The largest absolute Gasteiger partial charge is 0.508 e. The van der Waals surface area contributed by atoms with Crippen LogP contribution in [0.2, 0.25) is 5.02 Å². The summed E-state index contributed by atoms with van der Waals surface area (Å²) in [5.74, 6) is -0.991. The lowest BCUT2D eigenvalue weighted by atomic mass is 10.0. The normalized spacial score (nSPS) is 12.4. The Hall–Kier alpha value is -1.78. The number of aromatic hydroxyl groups is 1. The summed E-state index contributed by atoms with van der Waals surface area (Å²) in [4.78, 5) is 11.3. The van der Waals surface area contributed by atoms with Crippen molar-refractivity contribution in [2.45, 2.75) is 6.10 Å². The Morgan fingerprint density at radius 1 is 1.28 bits per heavy atom. The third kappa shape index (κ3) is 2.25. The van der Waals surface area contributed by atoms with Gasteiger partial charge in [0.2, 0.25) is 0 Å². The van der Waals surface area contributed by atoms with E-state index in [-0.39, 0.29) is 11.3 Å². The zero-order valence-corrected chi connectivity index (χ0v) is 10.3. The molecule has 0 amide bonds. The van der Waals surface area contributed by atoms with E-state index in [2.05, 4.69) is 4.74 Å². The van der Waals surface area contributed by atoms with Crippen LogP contribution in [0, 0.1) is 0 Å². The third-order valence-corrected chi connectivity index (χ3v) is 2.90. The molecule has 4 nitrogen and oxygen atoms in total. The average Bonchev–Trinajstić information content (AvgIpc) is 2.36. The lowest BCUT2D eigenvalue weighted by molar-refractivity contribution is -0.150. The number of methoxy groups -OCH3 is 1. The monoisotopic (exact) mass is 266 g/mol. The molecule has 94 valence electrons. The molecule has 2 aromatic rings. The van der Waals surface area contributed by atoms with Crippen molar-refractivity contribution in [1.29, 1.82) is 0 Å². The summed E-state index contributed by atoms with van der Waals surface area (Å²) in [6.45, 7) is 0. The number of carbonyl (C=O) groups is 1. The predicted octanol–water partition coefficient (Wildman–Crippen LogP) is 2.41. The number of phenols is 1. The quantitative estimate of drug-likeness (QED) is 0.819. The Balaban J connectivity index is 2.57. The second kappa shape index (κ2) is 4.84. The molecule has 5 heteroatoms. The van der Waals surface area contributed by atoms with E-state index < -0.39 is 12.1 Å². The van der Waals surface area contributed by atoms with Crippen LogP contribution in [0.15, 0.2) is 30.3 Å². The third-order valence-electron chi connectivity index (χ3n) is 2.67. The van der Waals surface area contributed by atoms with Crippen molar-refractivity contribution < 1.29 is 19.7 Å². The van der Waals surface area contributed by atoms with Crippen LogP contribution in [0.5, 0.6) is 5.75 Å². The van der Waals surface area contributed by atoms with Crippen molar-refractivity contribution in [3.8, 4) is 5.75 Å². The van der Waals surface area contributed by atoms with E-state index in [1.165, 1.54) is 19.2 Å². The first kappa shape index (κ1) is 12.7. The maximum atomic E-state index is 11.3. The lowest BCUT2D eigenvalue weighted by Crippen LogP contribution is -2.13. The lowest BCUT2D eigenvalue weighted by Gasteiger charge is -2.12. The number of halogens is 1. The Bertz CT molecular complexity index is 609. The Morgan fingerprint density at radius 3 is 2.67 bits per heavy atom. The van der Waals surface area contributed by atoms with Gasteiger partial charge in [0.05, 0.1) is 7.11 Å². The van der Waals surface area contributed by atoms with Crippen molar-refractivity contribution in [3.05, 3.63) is 40.9 Å². The predicted molar refractivity (Wildman–Crippen MR) is 67.6 cm³/mol. The molecule has 0 saturated heterocycles. The van der Waals surface area contributed by atoms with E-state index in [0.29, 0.717) is 5.02 Å². The van der Waals surface area contributed by atoms with Crippen LogP contribution >= 0.6 is 11.6 Å². The van der Waals surface area contributed by atoms with Gasteiger partial charge in [-0.1, -0.05) is 17.7 Å². The standard InChI is InChI=1S/C13H11ClO4/c1-18-13(17)12(16)10-5-8-4-9(14)3-2-7(8)6-11(10)15/h2-6,12,15-16H,1H3. The number of aliphatic hydroxyl groups excluding tert-OH is 1. The van der Waals surface area contributed by atoms with Gasteiger partial charge in [-0.05, 0) is 35.0 Å². The van der Waals surface area contributed by atoms with Crippen LogP contribution in [0.25, 0.3) is 10.8 Å². The van der Waals surface area contributed by atoms with Crippen molar-refractivity contribution in [3.63, 3.8) is 0 Å². The summed E-state index contributed by atoms with van der Waals surface area (Å²) in [6.07, 6.45) is -1.52. The maximum Gasteiger partial charge on any atom is 0.339 e. The molecule has 1 atom stereocenters. The smallest absolute Gasteiger partial charge is 0.339 e. The molecule has 0 aromatic heterocycles. The fourth-order valence-corrected chi connectivity index (χ4v) is 1.91. The van der Waals surface area contributed by atoms with Crippen LogP contribution in [0.1, 0.15) is 11.7 Å².